The first-order valence-corrected chi connectivity index (χ1v) is 9.57. The lowest BCUT2D eigenvalue weighted by molar-refractivity contribution is -0.146. The summed E-state index contributed by atoms with van der Waals surface area (Å²) in [6.45, 7) is 0.0384. The third-order valence-corrected chi connectivity index (χ3v) is 5.42. The van der Waals surface area contributed by atoms with E-state index >= 15 is 0 Å². The number of rotatable bonds is 7. The molecule has 1 N–H and O–H groups in total. The molecule has 0 amide bonds. The van der Waals surface area contributed by atoms with Crippen molar-refractivity contribution in [1.82, 2.24) is 4.67 Å². The summed E-state index contributed by atoms with van der Waals surface area (Å²) in [5.74, 6) is -0.948. The van der Waals surface area contributed by atoms with Crippen molar-refractivity contribution < 1.29 is 24.2 Å². The first kappa shape index (κ1) is 20.3. The minimum Gasteiger partial charge on any atom is -0.456 e. The number of ether oxygens (including phenoxy) is 1. The van der Waals surface area contributed by atoms with E-state index in [1.165, 1.54) is 0 Å². The van der Waals surface area contributed by atoms with E-state index in [9.17, 15) is 14.4 Å². The summed E-state index contributed by atoms with van der Waals surface area (Å²) in [5.41, 5.74) is 2.70. The fourth-order valence-corrected chi connectivity index (χ4v) is 3.60. The highest BCUT2D eigenvalue weighted by Crippen LogP contribution is 2.23. The van der Waals surface area contributed by atoms with E-state index in [0.717, 1.165) is 30.5 Å². The Morgan fingerprint density at radius 3 is 1.96 bits per heavy atom. The van der Waals surface area contributed by atoms with E-state index in [1.54, 1.807) is 48.5 Å². The predicted octanol–water partition coefficient (Wildman–Crippen LogP) is 2.51. The van der Waals surface area contributed by atoms with E-state index in [0.29, 0.717) is 11.1 Å². The Kier molecular flexibility index (Phi) is 6.68. The molecule has 1 saturated heterocycles. The maximum Gasteiger partial charge on any atom is 0.324 e. The molecule has 2 aromatic rings. The fraction of sp³-hybridized carbons (Fsp3) is 0.286. The molecule has 0 aromatic heterocycles. The zero-order chi connectivity index (χ0) is 20.1. The summed E-state index contributed by atoms with van der Waals surface area (Å²) < 4.78 is 7.04. The quantitative estimate of drug-likeness (QED) is 0.438. The fourth-order valence-electron chi connectivity index (χ4n) is 3.15. The van der Waals surface area contributed by atoms with Gasteiger partial charge in [0, 0.05) is 17.7 Å². The van der Waals surface area contributed by atoms with Crippen LogP contribution in [0.5, 0.6) is 0 Å². The van der Waals surface area contributed by atoms with E-state index in [-0.39, 0.29) is 30.2 Å². The largest absolute Gasteiger partial charge is 0.456 e. The molecule has 0 aliphatic carbocycles. The molecule has 28 heavy (non-hydrogen) atoms. The Labute approximate surface area is 165 Å². The lowest BCUT2D eigenvalue weighted by Crippen LogP contribution is -2.32. The van der Waals surface area contributed by atoms with Crippen molar-refractivity contribution in [2.75, 3.05) is 19.8 Å². The molecule has 6 nitrogen and oxygen atoms in total. The lowest BCUT2D eigenvalue weighted by atomic mass is 10.0. The highest BCUT2D eigenvalue weighted by molar-refractivity contribution is 7.13. The number of aliphatic hydroxyl groups excluding tert-OH is 1. The van der Waals surface area contributed by atoms with Crippen molar-refractivity contribution in [1.29, 1.82) is 0 Å². The van der Waals surface area contributed by atoms with Crippen molar-refractivity contribution in [3.05, 3.63) is 59.7 Å². The lowest BCUT2D eigenvalue weighted by Gasteiger charge is -2.17. The van der Waals surface area contributed by atoms with E-state index in [1.807, 2.05) is 4.67 Å². The van der Waals surface area contributed by atoms with Crippen molar-refractivity contribution in [3.63, 3.8) is 0 Å². The Hall–Kier alpha value is -2.40. The summed E-state index contributed by atoms with van der Waals surface area (Å²) >= 11 is 0. The van der Waals surface area contributed by atoms with Crippen molar-refractivity contribution in [2.45, 2.75) is 18.9 Å². The number of ketones is 2. The van der Waals surface area contributed by atoms with Crippen LogP contribution < -0.4 is 0 Å². The maximum atomic E-state index is 12.3. The number of carbonyl (C=O) groups excluding carboxylic acids is 3. The molecule has 2 atom stereocenters. The van der Waals surface area contributed by atoms with Gasteiger partial charge in [-0.3, -0.25) is 19.1 Å². The molecule has 1 aliphatic rings. The van der Waals surface area contributed by atoms with Gasteiger partial charge in [-0.1, -0.05) is 57.9 Å². The van der Waals surface area contributed by atoms with Gasteiger partial charge >= 0.3 is 5.97 Å². The summed E-state index contributed by atoms with van der Waals surface area (Å²) in [6, 6.07) is 13.6. The summed E-state index contributed by atoms with van der Waals surface area (Å²) in [5, 5.41) is 8.89. The van der Waals surface area contributed by atoms with Gasteiger partial charge < -0.3 is 9.84 Å². The third-order valence-electron chi connectivity index (χ3n) is 4.80. The summed E-state index contributed by atoms with van der Waals surface area (Å²) in [7, 11) is 2.52. The zero-order valence-corrected chi connectivity index (χ0v) is 16.5. The average Bonchev–Trinajstić information content (AvgIpc) is 3.17. The normalized spacial score (nSPS) is 16.7. The second-order valence-electron chi connectivity index (χ2n) is 6.66. The first-order chi connectivity index (χ1) is 13.5. The van der Waals surface area contributed by atoms with Gasteiger partial charge in [0.1, 0.15) is 12.6 Å². The molecule has 2 aromatic carbocycles. The molecule has 1 unspecified atom stereocenters. The standard InChI is InChI=1S/C21H22NO5P/c23-12-19(24)16-7-3-14(4-8-16)15-5-9-17(10-6-15)20(25)13-27-21(26)18-2-1-11-22(18)28/h3-10,18,23H,1-2,11-13,28H2/t18-/m0/s1. The number of esters is 1. The molecular formula is C21H22NO5P. The van der Waals surface area contributed by atoms with Crippen LogP contribution in [0.3, 0.4) is 0 Å². The molecular weight excluding hydrogens is 377 g/mol. The SMILES string of the molecule is O=C(CO)c1ccc(-c2ccc(C(=O)COC(=O)[C@@H]3CCCN3P)cc2)cc1. The van der Waals surface area contributed by atoms with Crippen LogP contribution in [-0.2, 0) is 9.53 Å². The Morgan fingerprint density at radius 2 is 1.50 bits per heavy atom. The maximum absolute atomic E-state index is 12.3. The smallest absolute Gasteiger partial charge is 0.324 e. The van der Waals surface area contributed by atoms with Crippen LogP contribution in [0.15, 0.2) is 48.5 Å². The molecule has 0 bridgehead atoms. The van der Waals surface area contributed by atoms with Crippen LogP contribution in [0.4, 0.5) is 0 Å². The van der Waals surface area contributed by atoms with Gasteiger partial charge in [0.15, 0.2) is 18.2 Å². The van der Waals surface area contributed by atoms with E-state index in [4.69, 9.17) is 9.84 Å². The molecule has 1 aliphatic heterocycles. The number of carbonyl (C=O) groups is 3. The molecule has 3 rings (SSSR count). The van der Waals surface area contributed by atoms with Crippen molar-refractivity contribution in [2.24, 2.45) is 0 Å². The highest BCUT2D eigenvalue weighted by Gasteiger charge is 2.29. The number of benzene rings is 2. The Bertz CT molecular complexity index is 863. The van der Waals surface area contributed by atoms with Crippen LogP contribution in [0.1, 0.15) is 33.6 Å². The van der Waals surface area contributed by atoms with Gasteiger partial charge in [0.2, 0.25) is 0 Å². The van der Waals surface area contributed by atoms with Crippen LogP contribution in [0.2, 0.25) is 0 Å². The molecule has 0 radical (unpaired) electrons. The van der Waals surface area contributed by atoms with Gasteiger partial charge in [-0.05, 0) is 24.0 Å². The molecule has 0 saturated carbocycles. The van der Waals surface area contributed by atoms with Gasteiger partial charge in [-0.2, -0.15) is 0 Å². The van der Waals surface area contributed by atoms with E-state index < -0.39 is 6.61 Å². The average molecular weight is 399 g/mol. The third kappa shape index (κ3) is 4.71. The number of hydrogen-bond donors (Lipinski definition) is 1. The topological polar surface area (TPSA) is 83.9 Å². The number of nitrogens with zero attached hydrogens (tertiary/aromatic N) is 1. The summed E-state index contributed by atoms with van der Waals surface area (Å²) in [4.78, 5) is 35.8. The van der Waals surface area contributed by atoms with Crippen molar-refractivity contribution >= 4 is 26.9 Å². The Morgan fingerprint density at radius 1 is 0.964 bits per heavy atom. The first-order valence-electron chi connectivity index (χ1n) is 9.05. The van der Waals surface area contributed by atoms with Crippen LogP contribution in [0.25, 0.3) is 11.1 Å². The molecule has 7 heteroatoms. The second kappa shape index (κ2) is 9.20. The number of hydrogen-bond acceptors (Lipinski definition) is 6. The molecule has 1 heterocycles. The van der Waals surface area contributed by atoms with Gasteiger partial charge in [-0.15, -0.1) is 0 Å². The molecule has 146 valence electrons. The van der Waals surface area contributed by atoms with Crippen LogP contribution in [-0.4, -0.2) is 53.1 Å². The number of Topliss-reactive ketones (excluding diaryl/α,β-unsaturated/α-hetero) is 2. The predicted molar refractivity (Wildman–Crippen MR) is 108 cm³/mol. The highest BCUT2D eigenvalue weighted by atomic mass is 31.0. The van der Waals surface area contributed by atoms with Crippen LogP contribution >= 0.6 is 9.39 Å². The Balaban J connectivity index is 1.59. The minimum absolute atomic E-state index is 0.253. The van der Waals surface area contributed by atoms with Gasteiger partial charge in [-0.25, -0.2) is 0 Å². The second-order valence-corrected chi connectivity index (χ2v) is 7.33. The zero-order valence-electron chi connectivity index (χ0n) is 15.3. The minimum atomic E-state index is -0.517. The van der Waals surface area contributed by atoms with Crippen molar-refractivity contribution in [3.8, 4) is 11.1 Å². The molecule has 1 fully saturated rings. The summed E-state index contributed by atoms with van der Waals surface area (Å²) in [6.07, 6.45) is 1.68. The van der Waals surface area contributed by atoms with E-state index in [2.05, 4.69) is 9.39 Å². The molecule has 0 spiro atoms. The van der Waals surface area contributed by atoms with Gasteiger partial charge in [0.05, 0.1) is 0 Å². The van der Waals surface area contributed by atoms with Crippen LogP contribution in [0, 0.1) is 0 Å². The van der Waals surface area contributed by atoms with Gasteiger partial charge in [0.25, 0.3) is 0 Å². The number of aliphatic hydroxyl groups is 1. The monoisotopic (exact) mass is 399 g/mol.